The summed E-state index contributed by atoms with van der Waals surface area (Å²) in [4.78, 5) is 12.8. The number of carbonyl (C=O) groups is 1. The summed E-state index contributed by atoms with van der Waals surface area (Å²) in [6, 6.07) is 11.8. The number of fused-ring (bicyclic) bond motifs is 1. The lowest BCUT2D eigenvalue weighted by Crippen LogP contribution is -2.01. The summed E-state index contributed by atoms with van der Waals surface area (Å²) in [6.45, 7) is 0.834. The normalized spacial score (nSPS) is 11.1. The van der Waals surface area contributed by atoms with Crippen LogP contribution in [0.2, 0.25) is 5.02 Å². The lowest BCUT2D eigenvalue weighted by atomic mass is 10.2. The van der Waals surface area contributed by atoms with Crippen molar-refractivity contribution in [3.05, 3.63) is 57.9 Å². The van der Waals surface area contributed by atoms with Crippen LogP contribution in [0.4, 0.5) is 0 Å². The van der Waals surface area contributed by atoms with Gasteiger partial charge in [-0.15, -0.1) is 11.3 Å². The highest BCUT2D eigenvalue weighted by Gasteiger charge is 2.07. The Morgan fingerprint density at radius 1 is 1.25 bits per heavy atom. The number of rotatable bonds is 5. The van der Waals surface area contributed by atoms with E-state index in [1.54, 1.807) is 0 Å². The Morgan fingerprint density at radius 2 is 2.15 bits per heavy atom. The molecular formula is C16H14ClNOS. The number of hydrogen-bond acceptors (Lipinski definition) is 2. The van der Waals surface area contributed by atoms with Crippen molar-refractivity contribution < 1.29 is 4.79 Å². The van der Waals surface area contributed by atoms with Crippen molar-refractivity contribution in [1.29, 1.82) is 0 Å². The summed E-state index contributed by atoms with van der Waals surface area (Å²) in [5, 5.41) is 3.86. The second kappa shape index (κ2) is 5.81. The molecular weight excluding hydrogens is 290 g/mol. The maximum absolute atomic E-state index is 11.9. The fourth-order valence-corrected chi connectivity index (χ4v) is 3.18. The summed E-state index contributed by atoms with van der Waals surface area (Å²) in [7, 11) is 0. The molecule has 0 saturated heterocycles. The van der Waals surface area contributed by atoms with Crippen LogP contribution in [0, 0.1) is 0 Å². The van der Waals surface area contributed by atoms with E-state index >= 15 is 0 Å². The molecule has 0 saturated carbocycles. The molecule has 0 spiro atoms. The summed E-state index contributed by atoms with van der Waals surface area (Å²) in [6.07, 6.45) is 3.48. The van der Waals surface area contributed by atoms with Crippen LogP contribution in [0.5, 0.6) is 0 Å². The maximum Gasteiger partial charge on any atom is 0.172 e. The van der Waals surface area contributed by atoms with E-state index in [-0.39, 0.29) is 5.78 Å². The zero-order chi connectivity index (χ0) is 13.9. The quantitative estimate of drug-likeness (QED) is 0.607. The lowest BCUT2D eigenvalue weighted by molar-refractivity contribution is 0.0982. The highest BCUT2D eigenvalue weighted by molar-refractivity contribution is 7.12. The van der Waals surface area contributed by atoms with Crippen molar-refractivity contribution in [2.24, 2.45) is 0 Å². The first kappa shape index (κ1) is 13.4. The van der Waals surface area contributed by atoms with Gasteiger partial charge >= 0.3 is 0 Å². The molecule has 0 unspecified atom stereocenters. The molecule has 4 heteroatoms. The third-order valence-corrected chi connectivity index (χ3v) is 4.48. The maximum atomic E-state index is 11.9. The van der Waals surface area contributed by atoms with Crippen molar-refractivity contribution in [1.82, 2.24) is 4.57 Å². The zero-order valence-corrected chi connectivity index (χ0v) is 12.5. The molecule has 0 aliphatic heterocycles. The van der Waals surface area contributed by atoms with Crippen LogP contribution in [0.15, 0.2) is 48.0 Å². The molecule has 1 aromatic carbocycles. The molecule has 2 nitrogen and oxygen atoms in total. The number of benzene rings is 1. The minimum absolute atomic E-state index is 0.231. The SMILES string of the molecule is O=C(CCCn1ccc2ccc(Cl)cc21)c1cccs1. The van der Waals surface area contributed by atoms with E-state index in [9.17, 15) is 4.79 Å². The molecule has 102 valence electrons. The molecule has 0 amide bonds. The fraction of sp³-hybridized carbons (Fsp3) is 0.188. The Balaban J connectivity index is 1.65. The largest absolute Gasteiger partial charge is 0.347 e. The van der Waals surface area contributed by atoms with Crippen LogP contribution >= 0.6 is 22.9 Å². The number of ketones is 1. The predicted molar refractivity (Wildman–Crippen MR) is 84.8 cm³/mol. The summed E-state index contributed by atoms with van der Waals surface area (Å²) in [5.41, 5.74) is 1.13. The molecule has 3 rings (SSSR count). The number of aromatic nitrogens is 1. The second-order valence-corrected chi connectivity index (χ2v) is 6.10. The molecule has 2 heterocycles. The summed E-state index contributed by atoms with van der Waals surface area (Å²) >= 11 is 7.54. The standard InChI is InChI=1S/C16H14ClNOS/c17-13-6-5-12-7-9-18(14(12)11-13)8-1-3-15(19)16-4-2-10-20-16/h2,4-7,9-11H,1,3,8H2. The molecule has 0 fully saturated rings. The van der Waals surface area contributed by atoms with E-state index < -0.39 is 0 Å². The average Bonchev–Trinajstić information content (AvgIpc) is 3.08. The van der Waals surface area contributed by atoms with Crippen LogP contribution in [0.1, 0.15) is 22.5 Å². The smallest absolute Gasteiger partial charge is 0.172 e. The van der Waals surface area contributed by atoms with Crippen LogP contribution in [-0.2, 0) is 6.54 Å². The van der Waals surface area contributed by atoms with E-state index in [1.807, 2.05) is 35.7 Å². The van der Waals surface area contributed by atoms with Gasteiger partial charge in [0.05, 0.1) is 4.88 Å². The number of carbonyl (C=O) groups excluding carboxylic acids is 1. The molecule has 0 aliphatic rings. The minimum Gasteiger partial charge on any atom is -0.347 e. The van der Waals surface area contributed by atoms with Gasteiger partial charge in [0.15, 0.2) is 5.78 Å². The van der Waals surface area contributed by atoms with E-state index in [0.717, 1.165) is 28.4 Å². The Labute approximate surface area is 126 Å². The van der Waals surface area contributed by atoms with Crippen molar-refractivity contribution in [2.75, 3.05) is 0 Å². The summed E-state index contributed by atoms with van der Waals surface area (Å²) in [5.74, 6) is 0.231. The Morgan fingerprint density at radius 3 is 2.95 bits per heavy atom. The van der Waals surface area contributed by atoms with E-state index in [2.05, 4.69) is 16.8 Å². The second-order valence-electron chi connectivity index (χ2n) is 4.72. The molecule has 20 heavy (non-hydrogen) atoms. The Hall–Kier alpha value is -1.58. The van der Waals surface area contributed by atoms with Crippen LogP contribution in [-0.4, -0.2) is 10.4 Å². The highest BCUT2D eigenvalue weighted by Crippen LogP contribution is 2.21. The van der Waals surface area contributed by atoms with Gasteiger partial charge in [0, 0.05) is 29.7 Å². The van der Waals surface area contributed by atoms with Gasteiger partial charge in [-0.1, -0.05) is 23.7 Å². The van der Waals surface area contributed by atoms with Gasteiger partial charge < -0.3 is 4.57 Å². The number of halogens is 1. The topological polar surface area (TPSA) is 22.0 Å². The Bertz CT molecular complexity index is 730. The number of hydrogen-bond donors (Lipinski definition) is 0. The van der Waals surface area contributed by atoms with Gasteiger partial charge in [-0.25, -0.2) is 0 Å². The lowest BCUT2D eigenvalue weighted by Gasteiger charge is -2.05. The van der Waals surface area contributed by atoms with Gasteiger partial charge in [0.2, 0.25) is 0 Å². The van der Waals surface area contributed by atoms with Gasteiger partial charge in [-0.05, 0) is 41.5 Å². The van der Waals surface area contributed by atoms with Gasteiger partial charge in [0.25, 0.3) is 0 Å². The zero-order valence-electron chi connectivity index (χ0n) is 10.9. The van der Waals surface area contributed by atoms with Crippen LogP contribution in [0.25, 0.3) is 10.9 Å². The summed E-state index contributed by atoms with van der Waals surface area (Å²) < 4.78 is 2.16. The first-order valence-corrected chi connectivity index (χ1v) is 7.81. The van der Waals surface area contributed by atoms with Gasteiger partial charge in [-0.2, -0.15) is 0 Å². The number of nitrogens with zero attached hydrogens (tertiary/aromatic N) is 1. The first-order chi connectivity index (χ1) is 9.74. The van der Waals surface area contributed by atoms with Crippen molar-refractivity contribution >= 4 is 39.6 Å². The molecule has 3 aromatic rings. The van der Waals surface area contributed by atoms with Gasteiger partial charge in [0.1, 0.15) is 0 Å². The van der Waals surface area contributed by atoms with Crippen LogP contribution in [0.3, 0.4) is 0 Å². The molecule has 0 aliphatic carbocycles. The molecule has 0 bridgehead atoms. The van der Waals surface area contributed by atoms with E-state index in [0.29, 0.717) is 6.42 Å². The third kappa shape index (κ3) is 2.79. The first-order valence-electron chi connectivity index (χ1n) is 6.55. The number of aryl methyl sites for hydroxylation is 1. The van der Waals surface area contributed by atoms with Crippen molar-refractivity contribution in [2.45, 2.75) is 19.4 Å². The monoisotopic (exact) mass is 303 g/mol. The molecule has 0 radical (unpaired) electrons. The van der Waals surface area contributed by atoms with E-state index in [1.165, 1.54) is 16.7 Å². The highest BCUT2D eigenvalue weighted by atomic mass is 35.5. The fourth-order valence-electron chi connectivity index (χ4n) is 2.32. The molecule has 0 atom stereocenters. The van der Waals surface area contributed by atoms with E-state index in [4.69, 9.17) is 11.6 Å². The predicted octanol–water partition coefficient (Wildman–Crippen LogP) is 5.02. The minimum atomic E-state index is 0.231. The third-order valence-electron chi connectivity index (χ3n) is 3.33. The van der Waals surface area contributed by atoms with Crippen molar-refractivity contribution in [3.8, 4) is 0 Å². The molecule has 0 N–H and O–H groups in total. The van der Waals surface area contributed by atoms with Crippen molar-refractivity contribution in [3.63, 3.8) is 0 Å². The average molecular weight is 304 g/mol. The number of thiophene rings is 1. The van der Waals surface area contributed by atoms with Crippen LogP contribution < -0.4 is 0 Å². The number of Topliss-reactive ketones (excluding diaryl/α,β-unsaturated/α-hetero) is 1. The van der Waals surface area contributed by atoms with Gasteiger partial charge in [-0.3, -0.25) is 4.79 Å². The Kier molecular flexibility index (Phi) is 3.90. The molecule has 2 aromatic heterocycles.